The van der Waals surface area contributed by atoms with Crippen LogP contribution in [-0.4, -0.2) is 11.0 Å². The van der Waals surface area contributed by atoms with Crippen LogP contribution in [-0.2, 0) is 4.79 Å². The molecule has 0 bridgehead atoms. The van der Waals surface area contributed by atoms with Gasteiger partial charge in [-0.05, 0) is 67.8 Å². The highest BCUT2D eigenvalue weighted by Gasteiger charge is 2.20. The van der Waals surface area contributed by atoms with E-state index in [9.17, 15) is 9.90 Å². The second-order valence-corrected chi connectivity index (χ2v) is 7.19. The van der Waals surface area contributed by atoms with Crippen molar-refractivity contribution in [3.63, 3.8) is 0 Å². The molecule has 3 nitrogen and oxygen atoms in total. The van der Waals surface area contributed by atoms with Gasteiger partial charge in [-0.1, -0.05) is 23.9 Å². The summed E-state index contributed by atoms with van der Waals surface area (Å²) in [5, 5.41) is 12.6. The van der Waals surface area contributed by atoms with Gasteiger partial charge in [0.15, 0.2) is 0 Å². The lowest BCUT2D eigenvalue weighted by molar-refractivity contribution is -0.112. The second kappa shape index (κ2) is 5.87. The van der Waals surface area contributed by atoms with Crippen molar-refractivity contribution in [2.24, 2.45) is 0 Å². The maximum Gasteiger partial charge on any atom is 0.262 e. The topological polar surface area (TPSA) is 49.3 Å². The van der Waals surface area contributed by atoms with Gasteiger partial charge in [-0.25, -0.2) is 0 Å². The van der Waals surface area contributed by atoms with Crippen LogP contribution in [0.1, 0.15) is 5.56 Å². The number of carbonyl (C=O) groups is 1. The number of nitrogens with one attached hydrogen (secondary N) is 1. The summed E-state index contributed by atoms with van der Waals surface area (Å²) in [5.41, 5.74) is 1.65. The van der Waals surface area contributed by atoms with Gasteiger partial charge in [0.05, 0.1) is 19.5 Å². The lowest BCUT2D eigenvalue weighted by Gasteiger charge is -2.18. The molecule has 2 N–H and O–H groups in total. The second-order valence-electron chi connectivity index (χ2n) is 4.39. The number of amides is 1. The molecule has 1 amide bonds. The van der Waals surface area contributed by atoms with E-state index in [1.807, 2.05) is 24.3 Å². The Labute approximate surface area is 142 Å². The number of carbonyl (C=O) groups excluding carboxylic acids is 1. The Morgan fingerprint density at radius 1 is 1.14 bits per heavy atom. The summed E-state index contributed by atoms with van der Waals surface area (Å²) in [6.45, 7) is 0. The number of fused-ring (bicyclic) bond motifs is 1. The van der Waals surface area contributed by atoms with Crippen molar-refractivity contribution in [3.8, 4) is 5.75 Å². The SMILES string of the molecule is O=C1Nc2ccccc2S/C1=C\c1cc(Br)c(O)c(Br)c1. The van der Waals surface area contributed by atoms with Gasteiger partial charge in [-0.15, -0.1) is 0 Å². The summed E-state index contributed by atoms with van der Waals surface area (Å²) in [6, 6.07) is 11.2. The van der Waals surface area contributed by atoms with E-state index in [1.54, 1.807) is 18.2 Å². The molecular formula is C15H9Br2NO2S. The first kappa shape index (κ1) is 14.7. The first-order valence-corrected chi connectivity index (χ1v) is 8.43. The van der Waals surface area contributed by atoms with Gasteiger partial charge >= 0.3 is 0 Å². The number of halogens is 2. The van der Waals surface area contributed by atoms with Crippen LogP contribution in [0.15, 0.2) is 55.1 Å². The third kappa shape index (κ3) is 3.02. The minimum atomic E-state index is -0.126. The van der Waals surface area contributed by atoms with Crippen LogP contribution < -0.4 is 5.32 Å². The van der Waals surface area contributed by atoms with Crippen LogP contribution in [0.25, 0.3) is 6.08 Å². The number of rotatable bonds is 1. The molecule has 3 rings (SSSR count). The Balaban J connectivity index is 1.99. The standard InChI is InChI=1S/C15H9Br2NO2S/c16-9-5-8(6-10(17)14(9)19)7-13-15(20)18-11-3-1-2-4-12(11)21-13/h1-7,19H,(H,18,20)/b13-7-. The maximum absolute atomic E-state index is 12.1. The molecule has 0 unspecified atom stereocenters. The lowest BCUT2D eigenvalue weighted by atomic mass is 10.2. The van der Waals surface area contributed by atoms with Crippen molar-refractivity contribution in [1.82, 2.24) is 0 Å². The minimum absolute atomic E-state index is 0.126. The molecule has 1 aliphatic heterocycles. The quantitative estimate of drug-likeness (QED) is 0.630. The first-order valence-electron chi connectivity index (χ1n) is 6.02. The van der Waals surface area contributed by atoms with Gasteiger partial charge in [0.2, 0.25) is 0 Å². The molecule has 0 spiro atoms. The van der Waals surface area contributed by atoms with Crippen molar-refractivity contribution >= 4 is 61.3 Å². The first-order chi connectivity index (χ1) is 10.0. The fourth-order valence-corrected chi connectivity index (χ4v) is 4.10. The van der Waals surface area contributed by atoms with Crippen LogP contribution in [0.4, 0.5) is 5.69 Å². The molecule has 21 heavy (non-hydrogen) atoms. The van der Waals surface area contributed by atoms with Crippen molar-refractivity contribution in [3.05, 3.63) is 55.8 Å². The Bertz CT molecular complexity index is 751. The molecule has 0 aliphatic carbocycles. The van der Waals surface area contributed by atoms with Gasteiger partial charge in [0.25, 0.3) is 5.91 Å². The summed E-state index contributed by atoms with van der Waals surface area (Å²) in [7, 11) is 0. The third-order valence-corrected chi connectivity index (χ3v) is 5.22. The molecule has 2 aromatic carbocycles. The van der Waals surface area contributed by atoms with Gasteiger partial charge in [0.1, 0.15) is 5.75 Å². The normalized spacial score (nSPS) is 15.7. The van der Waals surface area contributed by atoms with Crippen molar-refractivity contribution in [1.29, 1.82) is 0 Å². The molecule has 0 aromatic heterocycles. The average molecular weight is 427 g/mol. The molecule has 0 radical (unpaired) electrons. The van der Waals surface area contributed by atoms with Crippen LogP contribution in [0, 0.1) is 0 Å². The number of thioether (sulfide) groups is 1. The fraction of sp³-hybridized carbons (Fsp3) is 0. The number of phenolic OH excluding ortho intramolecular Hbond substituents is 1. The highest BCUT2D eigenvalue weighted by atomic mass is 79.9. The predicted molar refractivity (Wildman–Crippen MR) is 92.4 cm³/mol. The molecule has 0 saturated carbocycles. The zero-order valence-corrected chi connectivity index (χ0v) is 14.5. The van der Waals surface area contributed by atoms with Crippen LogP contribution >= 0.6 is 43.6 Å². The molecule has 1 aliphatic rings. The number of hydrogen-bond donors (Lipinski definition) is 2. The van der Waals surface area contributed by atoms with Gasteiger partial charge in [-0.2, -0.15) is 0 Å². The summed E-state index contributed by atoms with van der Waals surface area (Å²) >= 11 is 8.00. The van der Waals surface area contributed by atoms with Crippen LogP contribution in [0.2, 0.25) is 0 Å². The molecule has 2 aromatic rings. The molecule has 0 saturated heterocycles. The van der Waals surface area contributed by atoms with E-state index >= 15 is 0 Å². The van der Waals surface area contributed by atoms with E-state index in [4.69, 9.17) is 0 Å². The highest BCUT2D eigenvalue weighted by molar-refractivity contribution is 9.11. The summed E-state index contributed by atoms with van der Waals surface area (Å²) < 4.78 is 1.15. The van der Waals surface area contributed by atoms with Crippen LogP contribution in [0.3, 0.4) is 0 Å². The molecule has 6 heteroatoms. The Morgan fingerprint density at radius 3 is 2.52 bits per heavy atom. The summed E-state index contributed by atoms with van der Waals surface area (Å²) in [4.78, 5) is 13.7. The minimum Gasteiger partial charge on any atom is -0.506 e. The number of para-hydroxylation sites is 1. The fourth-order valence-electron chi connectivity index (χ4n) is 1.92. The van der Waals surface area contributed by atoms with E-state index in [2.05, 4.69) is 37.2 Å². The number of anilines is 1. The zero-order chi connectivity index (χ0) is 15.0. The smallest absolute Gasteiger partial charge is 0.262 e. The molecule has 0 atom stereocenters. The highest BCUT2D eigenvalue weighted by Crippen LogP contribution is 2.40. The summed E-state index contributed by atoms with van der Waals surface area (Å²) in [5.74, 6) is 0.0160. The van der Waals surface area contributed by atoms with E-state index in [1.165, 1.54) is 11.8 Å². The third-order valence-electron chi connectivity index (χ3n) is 2.92. The van der Waals surface area contributed by atoms with Gasteiger partial charge in [0, 0.05) is 4.90 Å². The molecule has 0 fully saturated rings. The maximum atomic E-state index is 12.1. The van der Waals surface area contributed by atoms with E-state index in [0.29, 0.717) is 13.9 Å². The van der Waals surface area contributed by atoms with Gasteiger partial charge < -0.3 is 10.4 Å². The number of aromatic hydroxyl groups is 1. The number of phenols is 1. The molecular weight excluding hydrogens is 418 g/mol. The summed E-state index contributed by atoms with van der Waals surface area (Å²) in [6.07, 6.45) is 1.80. The Kier molecular flexibility index (Phi) is 4.10. The largest absolute Gasteiger partial charge is 0.506 e. The number of hydrogen-bond acceptors (Lipinski definition) is 3. The van der Waals surface area contributed by atoms with Gasteiger partial charge in [-0.3, -0.25) is 4.79 Å². The lowest BCUT2D eigenvalue weighted by Crippen LogP contribution is -2.17. The average Bonchev–Trinajstić information content (AvgIpc) is 2.45. The molecule has 1 heterocycles. The van der Waals surface area contributed by atoms with E-state index < -0.39 is 0 Å². The van der Waals surface area contributed by atoms with Crippen molar-refractivity contribution in [2.45, 2.75) is 4.90 Å². The number of benzene rings is 2. The Hall–Kier alpha value is -1.24. The van der Waals surface area contributed by atoms with E-state index in [-0.39, 0.29) is 11.7 Å². The zero-order valence-electron chi connectivity index (χ0n) is 10.6. The van der Waals surface area contributed by atoms with Crippen molar-refractivity contribution in [2.75, 3.05) is 5.32 Å². The van der Waals surface area contributed by atoms with E-state index in [0.717, 1.165) is 16.1 Å². The Morgan fingerprint density at radius 2 is 1.81 bits per heavy atom. The predicted octanol–water partition coefficient (Wildman–Crippen LogP) is 5.00. The van der Waals surface area contributed by atoms with Crippen LogP contribution in [0.5, 0.6) is 5.75 Å². The monoisotopic (exact) mass is 425 g/mol. The molecule has 106 valence electrons. The van der Waals surface area contributed by atoms with Crippen molar-refractivity contribution < 1.29 is 9.90 Å².